The van der Waals surface area contributed by atoms with Crippen LogP contribution in [0.1, 0.15) is 33.1 Å². The molecule has 1 N–H and O–H groups in total. The number of carbonyl (C=O) groups is 1. The van der Waals surface area contributed by atoms with Crippen molar-refractivity contribution in [1.82, 2.24) is 4.90 Å². The average Bonchev–Trinajstić information content (AvgIpc) is 2.80. The fourth-order valence-corrected chi connectivity index (χ4v) is 2.47. The zero-order valence-electron chi connectivity index (χ0n) is 10.1. The lowest BCUT2D eigenvalue weighted by atomic mass is 10.3. The maximum atomic E-state index is 12.0. The molecule has 1 atom stereocenters. The summed E-state index contributed by atoms with van der Waals surface area (Å²) >= 11 is 1.52. The Hall–Kier alpha value is -0.480. The summed E-state index contributed by atoms with van der Waals surface area (Å²) in [6, 6.07) is 0. The van der Waals surface area contributed by atoms with Gasteiger partial charge in [0, 0.05) is 17.5 Å². The number of hydrogen-bond acceptors (Lipinski definition) is 3. The van der Waals surface area contributed by atoms with Crippen molar-refractivity contribution in [3.63, 3.8) is 0 Å². The van der Waals surface area contributed by atoms with E-state index >= 15 is 0 Å². The van der Waals surface area contributed by atoms with E-state index in [2.05, 4.69) is 6.08 Å². The molecule has 0 aliphatic heterocycles. The highest BCUT2D eigenvalue weighted by molar-refractivity contribution is 8.00. The minimum atomic E-state index is 0.132. The number of rotatable bonds is 6. The third-order valence-corrected chi connectivity index (χ3v) is 3.86. The van der Waals surface area contributed by atoms with Crippen LogP contribution in [0.4, 0.5) is 0 Å². The van der Waals surface area contributed by atoms with Crippen molar-refractivity contribution in [2.24, 2.45) is 0 Å². The van der Waals surface area contributed by atoms with Gasteiger partial charge in [0.1, 0.15) is 0 Å². The first-order valence-electron chi connectivity index (χ1n) is 5.90. The molecule has 0 aromatic heterocycles. The summed E-state index contributed by atoms with van der Waals surface area (Å²) in [6.07, 6.45) is 5.46. The van der Waals surface area contributed by atoms with Crippen molar-refractivity contribution in [2.75, 3.05) is 18.9 Å². The first kappa shape index (κ1) is 13.6. The van der Waals surface area contributed by atoms with Gasteiger partial charge in [0.05, 0.1) is 12.4 Å². The molecule has 1 amide bonds. The minimum absolute atomic E-state index is 0.132. The van der Waals surface area contributed by atoms with E-state index in [1.807, 2.05) is 18.7 Å². The molecule has 1 unspecified atom stereocenters. The van der Waals surface area contributed by atoms with Gasteiger partial charge < -0.3 is 10.0 Å². The van der Waals surface area contributed by atoms with Gasteiger partial charge in [-0.3, -0.25) is 4.79 Å². The fraction of sp³-hybridized carbons (Fsp3) is 0.750. The third kappa shape index (κ3) is 3.83. The van der Waals surface area contributed by atoms with Gasteiger partial charge >= 0.3 is 0 Å². The number of hydrogen-bond donors (Lipinski definition) is 1. The number of carbonyl (C=O) groups excluding carboxylic acids is 1. The molecule has 1 aliphatic carbocycles. The van der Waals surface area contributed by atoms with Crippen molar-refractivity contribution in [3.05, 3.63) is 11.8 Å². The molecule has 0 aromatic carbocycles. The van der Waals surface area contributed by atoms with E-state index in [0.717, 1.165) is 19.4 Å². The first-order valence-corrected chi connectivity index (χ1v) is 6.95. The predicted octanol–water partition coefficient (Wildman–Crippen LogP) is 2.02. The number of allylic oxidation sites excluding steroid dienone is 2. The lowest BCUT2D eigenvalue weighted by Gasteiger charge is -2.22. The molecule has 0 fully saturated rings. The van der Waals surface area contributed by atoms with Gasteiger partial charge in [-0.1, -0.05) is 13.0 Å². The molecule has 0 bridgehead atoms. The monoisotopic (exact) mass is 243 g/mol. The van der Waals surface area contributed by atoms with Crippen LogP contribution in [0.2, 0.25) is 0 Å². The van der Waals surface area contributed by atoms with Crippen molar-refractivity contribution >= 4 is 17.7 Å². The van der Waals surface area contributed by atoms with Crippen LogP contribution in [0.25, 0.3) is 0 Å². The number of aliphatic hydroxyl groups is 1. The van der Waals surface area contributed by atoms with Gasteiger partial charge in [0.25, 0.3) is 0 Å². The Morgan fingerprint density at radius 3 is 2.94 bits per heavy atom. The first-order chi connectivity index (χ1) is 7.69. The molecule has 0 radical (unpaired) electrons. The van der Waals surface area contributed by atoms with Gasteiger partial charge in [0.15, 0.2) is 0 Å². The van der Waals surface area contributed by atoms with Gasteiger partial charge in [-0.05, 0) is 26.2 Å². The van der Waals surface area contributed by atoms with Crippen molar-refractivity contribution in [2.45, 2.75) is 38.4 Å². The van der Waals surface area contributed by atoms with Crippen LogP contribution in [-0.2, 0) is 4.79 Å². The third-order valence-electron chi connectivity index (χ3n) is 2.73. The second-order valence-corrected chi connectivity index (χ2v) is 5.46. The quantitative estimate of drug-likeness (QED) is 0.776. The van der Waals surface area contributed by atoms with Gasteiger partial charge in [0.2, 0.25) is 5.91 Å². The normalized spacial score (nSPS) is 17.1. The molecular formula is C12H21NO2S. The Bertz CT molecular complexity index is 266. The zero-order chi connectivity index (χ0) is 12.0. The minimum Gasteiger partial charge on any atom is -0.395 e. The molecule has 1 aliphatic rings. The largest absolute Gasteiger partial charge is 0.395 e. The molecule has 92 valence electrons. The van der Waals surface area contributed by atoms with Gasteiger partial charge in [-0.2, -0.15) is 0 Å². The van der Waals surface area contributed by atoms with Crippen LogP contribution < -0.4 is 0 Å². The maximum absolute atomic E-state index is 12.0. The molecule has 0 heterocycles. The van der Waals surface area contributed by atoms with E-state index < -0.39 is 0 Å². The summed E-state index contributed by atoms with van der Waals surface area (Å²) < 4.78 is 0. The van der Waals surface area contributed by atoms with Crippen LogP contribution in [0, 0.1) is 0 Å². The van der Waals surface area contributed by atoms with Gasteiger partial charge in [-0.15, -0.1) is 11.8 Å². The van der Waals surface area contributed by atoms with Crippen LogP contribution in [0.5, 0.6) is 0 Å². The molecule has 1 rings (SSSR count). The number of nitrogens with zero attached hydrogens (tertiary/aromatic N) is 1. The second kappa shape index (κ2) is 6.97. The summed E-state index contributed by atoms with van der Waals surface area (Å²) in [5.74, 6) is 0.633. The van der Waals surface area contributed by atoms with Crippen molar-refractivity contribution < 1.29 is 9.90 Å². The number of aliphatic hydroxyl groups excluding tert-OH is 1. The van der Waals surface area contributed by atoms with E-state index in [1.165, 1.54) is 23.9 Å². The number of amides is 1. The lowest BCUT2D eigenvalue weighted by Crippen LogP contribution is -2.31. The standard InChI is InChI=1S/C12H21NO2S/c1-3-13(11-6-4-5-7-11)12(15)9-16-10(2)8-14/h6,10,14H,3-5,7-9H2,1-2H3. The Labute approximate surface area is 102 Å². The zero-order valence-corrected chi connectivity index (χ0v) is 10.9. The smallest absolute Gasteiger partial charge is 0.236 e. The van der Waals surface area contributed by atoms with Crippen LogP contribution in [-0.4, -0.2) is 40.1 Å². The summed E-state index contributed by atoms with van der Waals surface area (Å²) in [5, 5.41) is 9.04. The average molecular weight is 243 g/mol. The highest BCUT2D eigenvalue weighted by Crippen LogP contribution is 2.22. The van der Waals surface area contributed by atoms with Gasteiger partial charge in [-0.25, -0.2) is 0 Å². The van der Waals surface area contributed by atoms with Crippen LogP contribution in [0.15, 0.2) is 11.8 Å². The SMILES string of the molecule is CCN(C(=O)CSC(C)CO)C1=CCCC1. The molecule has 4 heteroatoms. The summed E-state index contributed by atoms with van der Waals surface area (Å²) in [4.78, 5) is 13.8. The summed E-state index contributed by atoms with van der Waals surface area (Å²) in [5.41, 5.74) is 1.18. The van der Waals surface area contributed by atoms with Crippen molar-refractivity contribution in [1.29, 1.82) is 0 Å². The Balaban J connectivity index is 2.43. The Kier molecular flexibility index (Phi) is 5.91. The highest BCUT2D eigenvalue weighted by atomic mass is 32.2. The van der Waals surface area contributed by atoms with E-state index in [4.69, 9.17) is 5.11 Å². The predicted molar refractivity (Wildman–Crippen MR) is 68.3 cm³/mol. The molecule has 0 spiro atoms. The van der Waals surface area contributed by atoms with E-state index in [9.17, 15) is 4.79 Å². The van der Waals surface area contributed by atoms with E-state index in [0.29, 0.717) is 5.75 Å². The topological polar surface area (TPSA) is 40.5 Å². The second-order valence-electron chi connectivity index (χ2n) is 4.03. The van der Waals surface area contributed by atoms with Crippen LogP contribution >= 0.6 is 11.8 Å². The molecule has 0 saturated carbocycles. The van der Waals surface area contributed by atoms with E-state index in [1.54, 1.807) is 0 Å². The molecule has 0 saturated heterocycles. The molecule has 3 nitrogen and oxygen atoms in total. The maximum Gasteiger partial charge on any atom is 0.236 e. The summed E-state index contributed by atoms with van der Waals surface area (Å²) in [6.45, 7) is 4.83. The molecular weight excluding hydrogens is 222 g/mol. The van der Waals surface area contributed by atoms with Crippen molar-refractivity contribution in [3.8, 4) is 0 Å². The Morgan fingerprint density at radius 2 is 2.44 bits per heavy atom. The molecule has 16 heavy (non-hydrogen) atoms. The Morgan fingerprint density at radius 1 is 1.69 bits per heavy atom. The van der Waals surface area contributed by atoms with E-state index in [-0.39, 0.29) is 17.8 Å². The summed E-state index contributed by atoms with van der Waals surface area (Å²) in [7, 11) is 0. The van der Waals surface area contributed by atoms with Crippen LogP contribution in [0.3, 0.4) is 0 Å². The lowest BCUT2D eigenvalue weighted by molar-refractivity contribution is -0.126. The fourth-order valence-electron chi connectivity index (χ4n) is 1.78. The highest BCUT2D eigenvalue weighted by Gasteiger charge is 2.18. The molecule has 0 aromatic rings. The number of thioether (sulfide) groups is 1.